The van der Waals surface area contributed by atoms with Gasteiger partial charge < -0.3 is 20.8 Å². The molecule has 0 spiro atoms. The van der Waals surface area contributed by atoms with E-state index >= 15 is 0 Å². The average molecular weight is 553 g/mol. The van der Waals surface area contributed by atoms with Gasteiger partial charge in [0.2, 0.25) is 5.95 Å². The average Bonchev–Trinajstić information content (AvgIpc) is 3.62. The van der Waals surface area contributed by atoms with Crippen molar-refractivity contribution in [2.24, 2.45) is 5.73 Å². The number of nitrogens with two attached hydrogens (primary N) is 1. The number of carbonyl (C=O) groups excluding carboxylic acids is 1. The molecule has 8 heteroatoms. The normalized spacial score (nSPS) is 11.8. The predicted octanol–water partition coefficient (Wildman–Crippen LogP) is 7.49. The van der Waals surface area contributed by atoms with E-state index < -0.39 is 5.54 Å². The summed E-state index contributed by atoms with van der Waals surface area (Å²) < 4.78 is 8.02. The summed E-state index contributed by atoms with van der Waals surface area (Å²) in [5, 5.41) is 12.9. The number of aromatic nitrogens is 3. The van der Waals surface area contributed by atoms with Gasteiger partial charge in [0, 0.05) is 38.8 Å². The third-order valence-corrected chi connectivity index (χ3v) is 7.33. The second kappa shape index (κ2) is 9.87. The second-order valence-electron chi connectivity index (χ2n) is 10.9. The van der Waals surface area contributed by atoms with Crippen molar-refractivity contribution in [3.05, 3.63) is 120 Å². The zero-order valence-electron chi connectivity index (χ0n) is 23.1. The minimum atomic E-state index is -0.473. The Labute approximate surface area is 241 Å². The lowest BCUT2D eigenvalue weighted by Gasteiger charge is -2.19. The topological polar surface area (TPSA) is 110 Å². The summed E-state index contributed by atoms with van der Waals surface area (Å²) in [6, 6.07) is 32.9. The zero-order chi connectivity index (χ0) is 28.8. The highest BCUT2D eigenvalue weighted by Gasteiger charge is 2.17. The third kappa shape index (κ3) is 4.63. The maximum Gasteiger partial charge on any atom is 0.255 e. The zero-order valence-corrected chi connectivity index (χ0v) is 23.1. The third-order valence-electron chi connectivity index (χ3n) is 7.33. The summed E-state index contributed by atoms with van der Waals surface area (Å²) in [4.78, 5) is 17.9. The molecule has 0 aliphatic heterocycles. The highest BCUT2D eigenvalue weighted by atomic mass is 16.3. The van der Waals surface area contributed by atoms with Crippen LogP contribution in [0.15, 0.2) is 114 Å². The van der Waals surface area contributed by atoms with Crippen LogP contribution in [0, 0.1) is 0 Å². The van der Waals surface area contributed by atoms with Crippen LogP contribution in [0.1, 0.15) is 29.8 Å². The highest BCUT2D eigenvalue weighted by Crippen LogP contribution is 2.36. The van der Waals surface area contributed by atoms with E-state index in [2.05, 4.69) is 27.9 Å². The molecule has 42 heavy (non-hydrogen) atoms. The first kappa shape index (κ1) is 25.5. The number of rotatable bonds is 6. The summed E-state index contributed by atoms with van der Waals surface area (Å²) in [5.74, 6) is 0.325. The first-order valence-corrected chi connectivity index (χ1v) is 13.7. The van der Waals surface area contributed by atoms with Gasteiger partial charge >= 0.3 is 0 Å². The lowest BCUT2D eigenvalue weighted by atomic mass is 9.95. The van der Waals surface area contributed by atoms with Crippen molar-refractivity contribution < 1.29 is 9.21 Å². The molecule has 0 saturated carbocycles. The van der Waals surface area contributed by atoms with Gasteiger partial charge in [-0.25, -0.2) is 9.50 Å². The van der Waals surface area contributed by atoms with Crippen molar-refractivity contribution in [3.8, 4) is 11.3 Å². The molecule has 8 nitrogen and oxygen atoms in total. The Morgan fingerprint density at radius 2 is 1.62 bits per heavy atom. The van der Waals surface area contributed by atoms with E-state index in [1.165, 1.54) is 0 Å². The number of nitrogens with one attached hydrogen (secondary N) is 2. The number of hydrogen-bond donors (Lipinski definition) is 3. The van der Waals surface area contributed by atoms with E-state index in [1.54, 1.807) is 22.8 Å². The maximum absolute atomic E-state index is 13.0. The molecule has 0 unspecified atom stereocenters. The summed E-state index contributed by atoms with van der Waals surface area (Å²) in [6.45, 7) is 3.86. The van der Waals surface area contributed by atoms with Crippen molar-refractivity contribution in [1.82, 2.24) is 14.6 Å². The standard InChI is InChI=1S/C34H28N6O2/c1-34(2,35)22-15-13-21(14-16-22)32(41)37-23-7-5-8-24(19-23)38-33-39-29(20-25-17-18-36-40(25)33)28-11-6-10-27-26-9-3-4-12-30(26)42-31(27)28/h3-20H,35H2,1-2H3,(H,37,41)(H,38,39). The molecule has 0 radical (unpaired) electrons. The lowest BCUT2D eigenvalue weighted by Crippen LogP contribution is -2.28. The fraction of sp³-hybridized carbons (Fsp3) is 0.0882. The predicted molar refractivity (Wildman–Crippen MR) is 167 cm³/mol. The van der Waals surface area contributed by atoms with Crippen molar-refractivity contribution in [2.75, 3.05) is 10.6 Å². The molecule has 0 fully saturated rings. The van der Waals surface area contributed by atoms with E-state index in [9.17, 15) is 4.79 Å². The van der Waals surface area contributed by atoms with Crippen LogP contribution < -0.4 is 16.4 Å². The fourth-order valence-corrected chi connectivity index (χ4v) is 5.16. The molecule has 3 heterocycles. The lowest BCUT2D eigenvalue weighted by molar-refractivity contribution is 0.102. The number of anilines is 3. The van der Waals surface area contributed by atoms with Crippen molar-refractivity contribution >= 4 is 50.7 Å². The molecule has 1 amide bonds. The van der Waals surface area contributed by atoms with Crippen molar-refractivity contribution in [1.29, 1.82) is 0 Å². The first-order chi connectivity index (χ1) is 20.3. The Morgan fingerprint density at radius 3 is 2.45 bits per heavy atom. The van der Waals surface area contributed by atoms with Gasteiger partial charge in [-0.2, -0.15) is 5.10 Å². The first-order valence-electron chi connectivity index (χ1n) is 13.7. The van der Waals surface area contributed by atoms with Crippen LogP contribution in [0.2, 0.25) is 0 Å². The number of furan rings is 1. The van der Waals surface area contributed by atoms with Crippen molar-refractivity contribution in [3.63, 3.8) is 0 Å². The van der Waals surface area contributed by atoms with Crippen LogP contribution in [0.5, 0.6) is 0 Å². The smallest absolute Gasteiger partial charge is 0.255 e. The van der Waals surface area contributed by atoms with Gasteiger partial charge in [0.15, 0.2) is 0 Å². The van der Waals surface area contributed by atoms with Crippen molar-refractivity contribution in [2.45, 2.75) is 19.4 Å². The Morgan fingerprint density at radius 1 is 0.857 bits per heavy atom. The van der Waals surface area contributed by atoms with Gasteiger partial charge in [-0.3, -0.25) is 4.79 Å². The number of fused-ring (bicyclic) bond motifs is 4. The maximum atomic E-state index is 13.0. The molecule has 206 valence electrons. The SMILES string of the molecule is CC(C)(N)c1ccc(C(=O)Nc2cccc(Nc3nc(-c4cccc5c4oc4ccccc45)cc4ccnn34)c2)cc1. The van der Waals surface area contributed by atoms with E-state index in [4.69, 9.17) is 15.1 Å². The summed E-state index contributed by atoms with van der Waals surface area (Å²) in [7, 11) is 0. The van der Waals surface area contributed by atoms with Gasteiger partial charge in [0.25, 0.3) is 5.91 Å². The van der Waals surface area contributed by atoms with Crippen LogP contribution in [-0.4, -0.2) is 20.5 Å². The number of para-hydroxylation sites is 2. The number of carbonyl (C=O) groups is 1. The fourth-order valence-electron chi connectivity index (χ4n) is 5.16. The molecule has 3 aromatic heterocycles. The molecule has 0 aliphatic rings. The van der Waals surface area contributed by atoms with E-state index in [0.717, 1.165) is 50.0 Å². The van der Waals surface area contributed by atoms with Crippen LogP contribution in [0.25, 0.3) is 38.7 Å². The van der Waals surface area contributed by atoms with Crippen LogP contribution in [-0.2, 0) is 5.54 Å². The Bertz CT molecular complexity index is 2100. The molecule has 7 rings (SSSR count). The van der Waals surface area contributed by atoms with Gasteiger partial charge in [-0.1, -0.05) is 48.5 Å². The molecule has 4 N–H and O–H groups in total. The quantitative estimate of drug-likeness (QED) is 0.197. The second-order valence-corrected chi connectivity index (χ2v) is 10.9. The minimum Gasteiger partial charge on any atom is -0.455 e. The Balaban J connectivity index is 1.20. The monoisotopic (exact) mass is 552 g/mol. The van der Waals surface area contributed by atoms with Crippen LogP contribution >= 0.6 is 0 Å². The van der Waals surface area contributed by atoms with E-state index in [0.29, 0.717) is 17.2 Å². The number of amides is 1. The van der Waals surface area contributed by atoms with Gasteiger partial charge in [-0.15, -0.1) is 0 Å². The van der Waals surface area contributed by atoms with Gasteiger partial charge in [0.1, 0.15) is 11.2 Å². The largest absolute Gasteiger partial charge is 0.455 e. The van der Waals surface area contributed by atoms with Crippen LogP contribution in [0.4, 0.5) is 17.3 Å². The molecule has 4 aromatic carbocycles. The molecule has 7 aromatic rings. The highest BCUT2D eigenvalue weighted by molar-refractivity contribution is 6.09. The number of benzene rings is 4. The summed E-state index contributed by atoms with van der Waals surface area (Å²) >= 11 is 0. The molecule has 0 saturated heterocycles. The molecular weight excluding hydrogens is 524 g/mol. The molecule has 0 aliphatic carbocycles. The van der Waals surface area contributed by atoms with E-state index in [-0.39, 0.29) is 5.91 Å². The molecular formula is C34H28N6O2. The Hall–Kier alpha value is -5.47. The summed E-state index contributed by atoms with van der Waals surface area (Å²) in [5.41, 5.74) is 12.7. The molecule has 0 bridgehead atoms. The summed E-state index contributed by atoms with van der Waals surface area (Å²) in [6.07, 6.45) is 1.74. The number of hydrogen-bond acceptors (Lipinski definition) is 6. The molecule has 0 atom stereocenters. The number of nitrogens with zero attached hydrogens (tertiary/aromatic N) is 3. The van der Waals surface area contributed by atoms with Gasteiger partial charge in [0.05, 0.1) is 17.4 Å². The minimum absolute atomic E-state index is 0.206. The Kier molecular flexibility index (Phi) is 5.99. The van der Waals surface area contributed by atoms with E-state index in [1.807, 2.05) is 92.7 Å². The van der Waals surface area contributed by atoms with Gasteiger partial charge in [-0.05, 0) is 74.0 Å². The van der Waals surface area contributed by atoms with Crippen LogP contribution in [0.3, 0.4) is 0 Å².